The Morgan fingerprint density at radius 2 is 1.48 bits per heavy atom. The lowest BCUT2D eigenvalue weighted by Crippen LogP contribution is -2.59. The third-order valence-corrected chi connectivity index (χ3v) is 9.71. The van der Waals surface area contributed by atoms with Crippen LogP contribution in [0.1, 0.15) is 82.0 Å². The maximum absolute atomic E-state index is 13.9. The molecule has 3 aliphatic rings. The van der Waals surface area contributed by atoms with Gasteiger partial charge in [-0.25, -0.2) is 4.57 Å². The van der Waals surface area contributed by atoms with Gasteiger partial charge in [0, 0.05) is 32.1 Å². The molecule has 0 spiro atoms. The minimum Gasteiger partial charge on any atom is -0.480 e. The molecule has 17 heteroatoms. The van der Waals surface area contributed by atoms with E-state index in [1.54, 1.807) is 41.0 Å². The van der Waals surface area contributed by atoms with E-state index in [9.17, 15) is 38.4 Å². The van der Waals surface area contributed by atoms with Crippen LogP contribution >= 0.6 is 0 Å². The number of rotatable bonds is 15. The highest BCUT2D eigenvalue weighted by Gasteiger charge is 2.44. The molecule has 0 aromatic carbocycles. The van der Waals surface area contributed by atoms with E-state index in [1.165, 1.54) is 9.80 Å². The first-order valence-corrected chi connectivity index (χ1v) is 17.9. The van der Waals surface area contributed by atoms with E-state index in [1.807, 2.05) is 13.8 Å². The summed E-state index contributed by atoms with van der Waals surface area (Å²) in [4.78, 5) is 108. The van der Waals surface area contributed by atoms with Crippen molar-refractivity contribution in [1.82, 2.24) is 30.7 Å². The fraction of sp³-hybridized carbons (Fsp3) is 0.629. The Labute approximate surface area is 302 Å². The molecule has 1 aromatic rings. The summed E-state index contributed by atoms with van der Waals surface area (Å²) in [6.07, 6.45) is 6.03. The second-order valence-electron chi connectivity index (χ2n) is 14.2. The van der Waals surface area contributed by atoms with Crippen molar-refractivity contribution in [3.8, 4) is 0 Å². The number of nitrogens with one attached hydrogen (secondary N) is 3. The first-order chi connectivity index (χ1) is 24.7. The average Bonchev–Trinajstić information content (AvgIpc) is 3.89. The zero-order valence-corrected chi connectivity index (χ0v) is 30.0. The Morgan fingerprint density at radius 1 is 0.865 bits per heavy atom. The van der Waals surface area contributed by atoms with Crippen molar-refractivity contribution in [2.75, 3.05) is 26.2 Å². The van der Waals surface area contributed by atoms with Crippen molar-refractivity contribution in [3.05, 3.63) is 30.1 Å². The van der Waals surface area contributed by atoms with Gasteiger partial charge >= 0.3 is 5.97 Å². The maximum Gasteiger partial charge on any atom is 0.322 e. The number of nitrogens with zero attached hydrogens (tertiary/aromatic N) is 4. The number of nitrogens with two attached hydrogens (primary N) is 1. The molecule has 4 heterocycles. The van der Waals surface area contributed by atoms with Gasteiger partial charge in [0.1, 0.15) is 49.4 Å². The molecule has 3 saturated heterocycles. The highest BCUT2D eigenvalue weighted by Crippen LogP contribution is 2.27. The topological polar surface area (TPSA) is 232 Å². The second-order valence-corrected chi connectivity index (χ2v) is 14.2. The van der Waals surface area contributed by atoms with Crippen LogP contribution in [0.3, 0.4) is 0 Å². The molecule has 0 radical (unpaired) electrons. The average molecular weight is 728 g/mol. The molecule has 5 atom stereocenters. The number of carbonyl (C=O) groups is 8. The van der Waals surface area contributed by atoms with Gasteiger partial charge in [0.15, 0.2) is 12.4 Å². The van der Waals surface area contributed by atoms with Crippen LogP contribution in [-0.4, -0.2) is 124 Å². The number of amides is 7. The minimum atomic E-state index is -1.28. The molecule has 6 N–H and O–H groups in total. The van der Waals surface area contributed by atoms with Gasteiger partial charge in [-0.3, -0.25) is 38.4 Å². The molecule has 284 valence electrons. The molecular formula is C35H51N8O9+. The van der Waals surface area contributed by atoms with E-state index in [2.05, 4.69) is 16.0 Å². The highest BCUT2D eigenvalue weighted by atomic mass is 16.4. The molecule has 7 amide bonds. The molecule has 3 aliphatic heterocycles. The molecule has 0 aliphatic carbocycles. The summed E-state index contributed by atoms with van der Waals surface area (Å²) >= 11 is 0. The number of carboxylic acids is 1. The van der Waals surface area contributed by atoms with E-state index in [4.69, 9.17) is 10.8 Å². The normalized spacial score (nSPS) is 21.1. The molecule has 17 nitrogen and oxygen atoms in total. The summed E-state index contributed by atoms with van der Waals surface area (Å²) in [6.45, 7) is 4.02. The summed E-state index contributed by atoms with van der Waals surface area (Å²) in [5.41, 5.74) is 5.84. The highest BCUT2D eigenvalue weighted by molar-refractivity contribution is 5.99. The first-order valence-electron chi connectivity index (χ1n) is 17.9. The lowest BCUT2D eigenvalue weighted by atomic mass is 10.0. The van der Waals surface area contributed by atoms with Crippen LogP contribution in [0.5, 0.6) is 0 Å². The number of carboxylic acid groups (broad SMARTS) is 1. The Morgan fingerprint density at radius 3 is 2.10 bits per heavy atom. The van der Waals surface area contributed by atoms with E-state index < -0.39 is 72.3 Å². The summed E-state index contributed by atoms with van der Waals surface area (Å²) in [5, 5.41) is 16.7. The van der Waals surface area contributed by atoms with Crippen LogP contribution < -0.4 is 26.3 Å². The van der Waals surface area contributed by atoms with Crippen LogP contribution in [-0.2, 0) is 40.6 Å². The summed E-state index contributed by atoms with van der Waals surface area (Å²) in [6, 6.07) is -1.51. The fourth-order valence-electron chi connectivity index (χ4n) is 7.21. The molecule has 3 fully saturated rings. The predicted molar refractivity (Wildman–Crippen MR) is 184 cm³/mol. The largest absolute Gasteiger partial charge is 0.480 e. The van der Waals surface area contributed by atoms with Crippen LogP contribution in [0, 0.1) is 5.92 Å². The lowest BCUT2D eigenvalue weighted by Gasteiger charge is -2.32. The van der Waals surface area contributed by atoms with Gasteiger partial charge in [-0.15, -0.1) is 0 Å². The van der Waals surface area contributed by atoms with E-state index in [0.717, 1.165) is 0 Å². The van der Waals surface area contributed by atoms with Crippen molar-refractivity contribution in [2.24, 2.45) is 18.7 Å². The van der Waals surface area contributed by atoms with Gasteiger partial charge in [-0.05, 0) is 63.4 Å². The summed E-state index contributed by atoms with van der Waals surface area (Å²) in [7, 11) is 1.80. The number of aliphatic carboxylic acids is 1. The van der Waals surface area contributed by atoms with Gasteiger partial charge in [-0.1, -0.05) is 13.8 Å². The van der Waals surface area contributed by atoms with Crippen molar-refractivity contribution in [2.45, 2.75) is 102 Å². The summed E-state index contributed by atoms with van der Waals surface area (Å²) < 4.78 is 1.75. The standard InChI is InChI=1S/C35H50N8O9/c1-21(2)18-24(34(51)41-15-5-9-25(41)31(48)37-19-29(45)46)39-30(47)23(12-13-28(36)44)38-32(49)26-10-6-16-42(26)35(52)27-11-7-17-43(27)33(50)22-8-4-14-40(3)20-22/h4,8,14,20-21,23-27H,5-7,9-13,15-19H2,1-3H3,(H5-,36,37,38,39,44,45,46,47,48,49)/p+1/t23-,24-,25-,26-,27-/m0/s1. The predicted octanol–water partition coefficient (Wildman–Crippen LogP) is -1.42. The summed E-state index contributed by atoms with van der Waals surface area (Å²) in [5.74, 6) is -5.10. The van der Waals surface area contributed by atoms with Crippen molar-refractivity contribution in [3.63, 3.8) is 0 Å². The monoisotopic (exact) mass is 727 g/mol. The quantitative estimate of drug-likeness (QED) is 0.133. The molecule has 0 bridgehead atoms. The Bertz CT molecular complexity index is 1550. The molecule has 0 unspecified atom stereocenters. The van der Waals surface area contributed by atoms with Crippen molar-refractivity contribution >= 4 is 47.3 Å². The SMILES string of the molecule is CC(C)C[C@H](NC(=O)[C@H](CCC(N)=O)NC(=O)[C@@H]1CCCN1C(=O)[C@@H]1CCCN1C(=O)c1ccc[n+](C)c1)C(=O)N1CCC[C@H]1C(=O)NCC(=O)O. The molecule has 1 aromatic heterocycles. The fourth-order valence-corrected chi connectivity index (χ4v) is 7.21. The van der Waals surface area contributed by atoms with Gasteiger partial charge in [0.25, 0.3) is 5.91 Å². The lowest BCUT2D eigenvalue weighted by molar-refractivity contribution is -0.671. The molecule has 52 heavy (non-hydrogen) atoms. The molecular weight excluding hydrogens is 676 g/mol. The zero-order chi connectivity index (χ0) is 38.1. The molecule has 4 rings (SSSR count). The van der Waals surface area contributed by atoms with E-state index in [-0.39, 0.29) is 50.1 Å². The smallest absolute Gasteiger partial charge is 0.322 e. The number of aromatic nitrogens is 1. The van der Waals surface area contributed by atoms with E-state index in [0.29, 0.717) is 50.6 Å². The van der Waals surface area contributed by atoms with Crippen molar-refractivity contribution in [1.29, 1.82) is 0 Å². The van der Waals surface area contributed by atoms with E-state index >= 15 is 0 Å². The number of likely N-dealkylation sites (tertiary alicyclic amines) is 3. The number of pyridine rings is 1. The zero-order valence-electron chi connectivity index (χ0n) is 30.0. The molecule has 0 saturated carbocycles. The third kappa shape index (κ3) is 10.0. The maximum atomic E-state index is 13.9. The van der Waals surface area contributed by atoms with Crippen LogP contribution in [0.15, 0.2) is 24.5 Å². The van der Waals surface area contributed by atoms with Gasteiger partial charge in [-0.2, -0.15) is 0 Å². The number of carbonyl (C=O) groups excluding carboxylic acids is 7. The van der Waals surface area contributed by atoms with Crippen LogP contribution in [0.2, 0.25) is 0 Å². The van der Waals surface area contributed by atoms with Gasteiger partial charge < -0.3 is 41.5 Å². The Balaban J connectivity index is 1.47. The number of hydrogen-bond acceptors (Lipinski definition) is 8. The van der Waals surface area contributed by atoms with Gasteiger partial charge in [0.05, 0.1) is 0 Å². The van der Waals surface area contributed by atoms with Crippen LogP contribution in [0.4, 0.5) is 0 Å². The van der Waals surface area contributed by atoms with Crippen molar-refractivity contribution < 1.29 is 48.0 Å². The second kappa shape index (κ2) is 17.9. The number of hydrogen-bond donors (Lipinski definition) is 5. The van der Waals surface area contributed by atoms with Crippen LogP contribution in [0.25, 0.3) is 0 Å². The Hall–Kier alpha value is -5.09. The minimum absolute atomic E-state index is 0.0698. The first kappa shape index (κ1) is 39.7. The third-order valence-electron chi connectivity index (χ3n) is 9.71. The number of primary amides is 1. The number of aryl methyl sites for hydroxylation is 1. The Kier molecular flexibility index (Phi) is 13.7. The van der Waals surface area contributed by atoms with Gasteiger partial charge in [0.2, 0.25) is 35.4 Å².